The van der Waals surface area contributed by atoms with Gasteiger partial charge in [-0.05, 0) is 31.6 Å². The Morgan fingerprint density at radius 2 is 1.35 bits per heavy atom. The van der Waals surface area contributed by atoms with Gasteiger partial charge in [0.05, 0.1) is 0 Å². The highest BCUT2D eigenvalue weighted by atomic mass is 19.2. The summed E-state index contributed by atoms with van der Waals surface area (Å²) in [6.45, 7) is 4.24. The van der Waals surface area contributed by atoms with Crippen LogP contribution in [0.3, 0.4) is 0 Å². The highest BCUT2D eigenvalue weighted by Crippen LogP contribution is 2.30. The summed E-state index contributed by atoms with van der Waals surface area (Å²) >= 11 is 0. The van der Waals surface area contributed by atoms with E-state index in [0.717, 1.165) is 18.8 Å². The van der Waals surface area contributed by atoms with Crippen molar-refractivity contribution in [3.05, 3.63) is 23.5 Å². The first-order valence-corrected chi connectivity index (χ1v) is 8.16. The van der Waals surface area contributed by atoms with Gasteiger partial charge in [0.2, 0.25) is 11.6 Å². The maximum atomic E-state index is 13.8. The Morgan fingerprint density at radius 3 is 1.87 bits per heavy atom. The molecule has 3 nitrogen and oxygen atoms in total. The molecule has 1 aromatic rings. The van der Waals surface area contributed by atoms with Crippen LogP contribution in [-0.4, -0.2) is 42.1 Å². The molecule has 23 heavy (non-hydrogen) atoms. The Labute approximate surface area is 133 Å². The summed E-state index contributed by atoms with van der Waals surface area (Å²) < 4.78 is 54.1. The second-order valence-electron chi connectivity index (χ2n) is 6.61. The zero-order valence-corrected chi connectivity index (χ0v) is 13.2. The monoisotopic (exact) mass is 331 g/mol. The quantitative estimate of drug-likeness (QED) is 0.612. The molecule has 128 valence electrons. The van der Waals surface area contributed by atoms with Crippen LogP contribution in [-0.2, 0) is 0 Å². The third kappa shape index (κ3) is 3.29. The summed E-state index contributed by atoms with van der Waals surface area (Å²) in [6, 6.07) is 0.508. The second kappa shape index (κ2) is 6.63. The van der Waals surface area contributed by atoms with Crippen molar-refractivity contribution in [1.29, 1.82) is 0 Å². The molecule has 1 aromatic heterocycles. The Kier molecular flexibility index (Phi) is 4.75. The predicted octanol–water partition coefficient (Wildman–Crippen LogP) is 3.34. The van der Waals surface area contributed by atoms with Gasteiger partial charge in [0.25, 0.3) is 11.9 Å². The molecule has 0 N–H and O–H groups in total. The maximum Gasteiger partial charge on any atom is 0.253 e. The minimum atomic E-state index is -1.59. The maximum absolute atomic E-state index is 13.8. The van der Waals surface area contributed by atoms with Crippen molar-refractivity contribution < 1.29 is 17.6 Å². The third-order valence-electron chi connectivity index (χ3n) is 5.11. The van der Waals surface area contributed by atoms with Crippen molar-refractivity contribution >= 4 is 5.69 Å². The molecular weight excluding hydrogens is 310 g/mol. The van der Waals surface area contributed by atoms with E-state index in [9.17, 15) is 17.6 Å². The number of piperazine rings is 1. The molecule has 0 spiro atoms. The molecule has 3 rings (SSSR count). The number of rotatable bonds is 2. The molecule has 1 saturated heterocycles. The smallest absolute Gasteiger partial charge is 0.253 e. The van der Waals surface area contributed by atoms with E-state index in [-0.39, 0.29) is 0 Å². The van der Waals surface area contributed by atoms with E-state index in [0.29, 0.717) is 32.2 Å². The lowest BCUT2D eigenvalue weighted by Gasteiger charge is -2.42. The van der Waals surface area contributed by atoms with Crippen molar-refractivity contribution in [3.8, 4) is 0 Å². The topological polar surface area (TPSA) is 19.4 Å². The Balaban J connectivity index is 1.68. The average molecular weight is 331 g/mol. The lowest BCUT2D eigenvalue weighted by atomic mass is 9.86. The van der Waals surface area contributed by atoms with Gasteiger partial charge < -0.3 is 4.90 Å². The molecule has 7 heteroatoms. The molecule has 2 aliphatic rings. The number of nitrogens with zero attached hydrogens (tertiary/aromatic N) is 3. The summed E-state index contributed by atoms with van der Waals surface area (Å²) in [5, 5.41) is 0. The lowest BCUT2D eigenvalue weighted by Crippen LogP contribution is -2.51. The lowest BCUT2D eigenvalue weighted by molar-refractivity contribution is 0.132. The third-order valence-corrected chi connectivity index (χ3v) is 5.11. The molecule has 2 heterocycles. The van der Waals surface area contributed by atoms with E-state index in [1.165, 1.54) is 17.7 Å². The van der Waals surface area contributed by atoms with E-state index >= 15 is 0 Å². The molecule has 2 fully saturated rings. The molecule has 0 bridgehead atoms. The van der Waals surface area contributed by atoms with E-state index in [1.807, 2.05) is 0 Å². The molecule has 1 aliphatic heterocycles. The van der Waals surface area contributed by atoms with Crippen LogP contribution in [0.1, 0.15) is 32.6 Å². The number of hydrogen-bond acceptors (Lipinski definition) is 3. The van der Waals surface area contributed by atoms with Crippen LogP contribution < -0.4 is 4.90 Å². The summed E-state index contributed by atoms with van der Waals surface area (Å²) in [7, 11) is 0. The number of aromatic nitrogens is 1. The van der Waals surface area contributed by atoms with Gasteiger partial charge in [-0.3, -0.25) is 4.90 Å². The van der Waals surface area contributed by atoms with E-state index < -0.39 is 29.2 Å². The van der Waals surface area contributed by atoms with Gasteiger partial charge >= 0.3 is 0 Å². The summed E-state index contributed by atoms with van der Waals surface area (Å²) in [5.74, 6) is -5.25. The van der Waals surface area contributed by atoms with Gasteiger partial charge in [-0.1, -0.05) is 6.92 Å². The van der Waals surface area contributed by atoms with Crippen molar-refractivity contribution in [3.63, 3.8) is 0 Å². The van der Waals surface area contributed by atoms with E-state index in [1.54, 1.807) is 0 Å². The fourth-order valence-electron chi connectivity index (χ4n) is 3.67. The zero-order chi connectivity index (χ0) is 16.6. The molecule has 1 saturated carbocycles. The summed E-state index contributed by atoms with van der Waals surface area (Å²) in [4.78, 5) is 6.30. The predicted molar refractivity (Wildman–Crippen MR) is 79.3 cm³/mol. The Hall–Kier alpha value is -1.37. The van der Waals surface area contributed by atoms with Crippen molar-refractivity contribution in [2.24, 2.45) is 5.92 Å². The molecular formula is C16H21F4N3. The number of hydrogen-bond donors (Lipinski definition) is 0. The first-order valence-electron chi connectivity index (χ1n) is 8.16. The summed E-state index contributed by atoms with van der Waals surface area (Å²) in [5.41, 5.74) is -0.632. The largest absolute Gasteiger partial charge is 0.364 e. The minimum absolute atomic E-state index is 0.350. The molecule has 0 unspecified atom stereocenters. The highest BCUT2D eigenvalue weighted by Gasteiger charge is 2.31. The minimum Gasteiger partial charge on any atom is -0.364 e. The van der Waals surface area contributed by atoms with Crippen molar-refractivity contribution in [1.82, 2.24) is 9.88 Å². The Morgan fingerprint density at radius 1 is 0.826 bits per heavy atom. The summed E-state index contributed by atoms with van der Waals surface area (Å²) in [6.07, 6.45) is 4.69. The van der Waals surface area contributed by atoms with Crippen molar-refractivity contribution in [2.75, 3.05) is 31.1 Å². The van der Waals surface area contributed by atoms with Crippen LogP contribution in [0.2, 0.25) is 0 Å². The second-order valence-corrected chi connectivity index (χ2v) is 6.61. The first-order chi connectivity index (χ1) is 11.0. The van der Waals surface area contributed by atoms with Gasteiger partial charge in [0.1, 0.15) is 5.69 Å². The number of pyridine rings is 1. The molecule has 1 aliphatic carbocycles. The van der Waals surface area contributed by atoms with E-state index in [4.69, 9.17) is 0 Å². The zero-order valence-electron chi connectivity index (χ0n) is 13.2. The normalized spacial score (nSPS) is 26.6. The molecule has 0 aromatic carbocycles. The fraction of sp³-hybridized carbons (Fsp3) is 0.688. The Bertz CT molecular complexity index is 539. The highest BCUT2D eigenvalue weighted by molar-refractivity contribution is 5.49. The van der Waals surface area contributed by atoms with Gasteiger partial charge in [-0.15, -0.1) is 0 Å². The standard InChI is InChI=1S/C16H21F4N3/c1-10-2-4-11(5-3-10)22-6-8-23(9-7-22)14-12(17)15(19)21-16(20)13(14)18/h10-11H,2-9H2,1H3. The van der Waals surface area contributed by atoms with Crippen LogP contribution in [0.4, 0.5) is 23.2 Å². The van der Waals surface area contributed by atoms with Gasteiger partial charge in [0, 0.05) is 32.2 Å². The average Bonchev–Trinajstić information content (AvgIpc) is 2.55. The molecule has 0 radical (unpaired) electrons. The van der Waals surface area contributed by atoms with E-state index in [2.05, 4.69) is 16.8 Å². The van der Waals surface area contributed by atoms with Crippen LogP contribution in [0.5, 0.6) is 0 Å². The van der Waals surface area contributed by atoms with Crippen LogP contribution in [0.25, 0.3) is 0 Å². The van der Waals surface area contributed by atoms with Crippen LogP contribution in [0, 0.1) is 29.4 Å². The van der Waals surface area contributed by atoms with Gasteiger partial charge in [0.15, 0.2) is 0 Å². The number of halogens is 4. The first kappa shape index (κ1) is 16.5. The van der Waals surface area contributed by atoms with Crippen molar-refractivity contribution in [2.45, 2.75) is 38.6 Å². The molecule has 0 atom stereocenters. The fourth-order valence-corrected chi connectivity index (χ4v) is 3.67. The van der Waals surface area contributed by atoms with Crippen LogP contribution >= 0.6 is 0 Å². The van der Waals surface area contributed by atoms with Crippen LogP contribution in [0.15, 0.2) is 0 Å². The molecule has 0 amide bonds. The van der Waals surface area contributed by atoms with Gasteiger partial charge in [-0.2, -0.15) is 22.5 Å². The SMILES string of the molecule is CC1CCC(N2CCN(c3c(F)c(F)nc(F)c3F)CC2)CC1. The van der Waals surface area contributed by atoms with Gasteiger partial charge in [-0.25, -0.2) is 0 Å². The number of anilines is 1.